The fraction of sp³-hybridized carbons (Fsp3) is 0.571. The number of rotatable bonds is 4. The molecule has 0 aliphatic carbocycles. The van der Waals surface area contributed by atoms with Gasteiger partial charge in [0.2, 0.25) is 0 Å². The number of hydrogen-bond acceptors (Lipinski definition) is 2. The van der Waals surface area contributed by atoms with Gasteiger partial charge in [-0.15, -0.1) is 0 Å². The molecule has 2 N–H and O–H groups in total. The van der Waals surface area contributed by atoms with Crippen LogP contribution < -0.4 is 10.6 Å². The van der Waals surface area contributed by atoms with Gasteiger partial charge in [-0.3, -0.25) is 0 Å². The molecule has 1 saturated heterocycles. The van der Waals surface area contributed by atoms with Crippen molar-refractivity contribution in [3.63, 3.8) is 0 Å². The molecule has 1 unspecified atom stereocenters. The zero-order valence-corrected chi connectivity index (χ0v) is 10.4. The van der Waals surface area contributed by atoms with Crippen molar-refractivity contribution in [1.82, 2.24) is 10.6 Å². The highest BCUT2D eigenvalue weighted by Crippen LogP contribution is 2.14. The Bertz CT molecular complexity index is 348. The predicted molar refractivity (Wildman–Crippen MR) is 68.5 cm³/mol. The maximum absolute atomic E-state index is 13.1. The van der Waals surface area contributed by atoms with Crippen molar-refractivity contribution < 1.29 is 4.39 Å². The largest absolute Gasteiger partial charge is 0.313 e. The molecule has 0 radical (unpaired) electrons. The quantitative estimate of drug-likeness (QED) is 0.839. The molecule has 0 bridgehead atoms. The molecule has 0 saturated carbocycles. The van der Waals surface area contributed by atoms with Gasteiger partial charge in [-0.05, 0) is 44.0 Å². The van der Waals surface area contributed by atoms with E-state index in [-0.39, 0.29) is 11.9 Å². The van der Waals surface area contributed by atoms with Crippen molar-refractivity contribution in [2.24, 2.45) is 0 Å². The van der Waals surface area contributed by atoms with Crippen molar-refractivity contribution in [2.75, 3.05) is 13.1 Å². The van der Waals surface area contributed by atoms with Crippen LogP contribution in [-0.2, 0) is 0 Å². The SMILES string of the molecule is C[C@@H](NCC1CCCCN1)c1cccc(F)c1. The standard InChI is InChI=1S/C14H21FN2/c1-11(12-5-4-6-13(15)9-12)17-10-14-7-2-3-8-16-14/h4-6,9,11,14,16-17H,2-3,7-8,10H2,1H3/t11-,14?/m1/s1. The molecule has 2 atom stereocenters. The van der Waals surface area contributed by atoms with E-state index in [0.29, 0.717) is 6.04 Å². The van der Waals surface area contributed by atoms with Crippen LogP contribution in [0.25, 0.3) is 0 Å². The lowest BCUT2D eigenvalue weighted by Crippen LogP contribution is -2.42. The Morgan fingerprint density at radius 2 is 2.35 bits per heavy atom. The third kappa shape index (κ3) is 3.79. The second kappa shape index (κ2) is 6.12. The molecule has 2 nitrogen and oxygen atoms in total. The minimum absolute atomic E-state index is 0.160. The van der Waals surface area contributed by atoms with Crippen molar-refractivity contribution in [3.05, 3.63) is 35.6 Å². The van der Waals surface area contributed by atoms with Crippen molar-refractivity contribution in [2.45, 2.75) is 38.3 Å². The minimum Gasteiger partial charge on any atom is -0.313 e. The Kier molecular flexibility index (Phi) is 4.51. The van der Waals surface area contributed by atoms with Gasteiger partial charge in [-0.2, -0.15) is 0 Å². The van der Waals surface area contributed by atoms with E-state index in [4.69, 9.17) is 0 Å². The Labute approximate surface area is 103 Å². The van der Waals surface area contributed by atoms with E-state index in [1.54, 1.807) is 12.1 Å². The Hall–Kier alpha value is -0.930. The van der Waals surface area contributed by atoms with Crippen molar-refractivity contribution in [3.8, 4) is 0 Å². The number of nitrogens with one attached hydrogen (secondary N) is 2. The number of piperidine rings is 1. The average molecular weight is 236 g/mol. The number of halogens is 1. The lowest BCUT2D eigenvalue weighted by atomic mass is 10.0. The fourth-order valence-electron chi connectivity index (χ4n) is 2.31. The van der Waals surface area contributed by atoms with Crippen LogP contribution in [0.4, 0.5) is 4.39 Å². The first-order chi connectivity index (χ1) is 8.25. The highest BCUT2D eigenvalue weighted by atomic mass is 19.1. The van der Waals surface area contributed by atoms with Gasteiger partial charge in [0.05, 0.1) is 0 Å². The molecule has 0 aromatic heterocycles. The molecule has 1 heterocycles. The molecule has 1 aromatic rings. The third-order valence-corrected chi connectivity index (χ3v) is 3.43. The van der Waals surface area contributed by atoms with Crippen molar-refractivity contribution in [1.29, 1.82) is 0 Å². The van der Waals surface area contributed by atoms with Crippen molar-refractivity contribution >= 4 is 0 Å². The zero-order chi connectivity index (χ0) is 12.1. The molecule has 17 heavy (non-hydrogen) atoms. The Morgan fingerprint density at radius 1 is 1.47 bits per heavy atom. The highest BCUT2D eigenvalue weighted by Gasteiger charge is 2.13. The molecule has 1 aliphatic rings. The van der Waals surface area contributed by atoms with E-state index < -0.39 is 0 Å². The normalized spacial score (nSPS) is 22.4. The van der Waals surface area contributed by atoms with Gasteiger partial charge in [0.1, 0.15) is 5.82 Å². The second-order valence-electron chi connectivity index (χ2n) is 4.83. The first-order valence-electron chi connectivity index (χ1n) is 6.48. The maximum atomic E-state index is 13.1. The van der Waals surface area contributed by atoms with Crippen LogP contribution in [0.1, 0.15) is 37.8 Å². The molecule has 1 aliphatic heterocycles. The van der Waals surface area contributed by atoms with E-state index >= 15 is 0 Å². The van der Waals surface area contributed by atoms with Crippen LogP contribution in [0, 0.1) is 5.82 Å². The van der Waals surface area contributed by atoms with Gasteiger partial charge < -0.3 is 10.6 Å². The lowest BCUT2D eigenvalue weighted by Gasteiger charge is -2.25. The Morgan fingerprint density at radius 3 is 3.06 bits per heavy atom. The predicted octanol–water partition coefficient (Wildman–Crippen LogP) is 2.62. The molecule has 0 spiro atoms. The monoisotopic (exact) mass is 236 g/mol. The molecular weight excluding hydrogens is 215 g/mol. The molecule has 2 rings (SSSR count). The van der Waals surface area contributed by atoms with Crippen LogP contribution in [-0.4, -0.2) is 19.1 Å². The van der Waals surface area contributed by atoms with Gasteiger partial charge in [0.25, 0.3) is 0 Å². The van der Waals surface area contributed by atoms with Crippen LogP contribution in [0.2, 0.25) is 0 Å². The van der Waals surface area contributed by atoms with E-state index in [1.807, 2.05) is 6.07 Å². The van der Waals surface area contributed by atoms with Crippen LogP contribution in [0.15, 0.2) is 24.3 Å². The van der Waals surface area contributed by atoms with Crippen LogP contribution in [0.5, 0.6) is 0 Å². The zero-order valence-electron chi connectivity index (χ0n) is 10.4. The molecular formula is C14H21FN2. The summed E-state index contributed by atoms with van der Waals surface area (Å²) in [4.78, 5) is 0. The highest BCUT2D eigenvalue weighted by molar-refractivity contribution is 5.19. The first kappa shape index (κ1) is 12.5. The molecule has 0 amide bonds. The molecule has 3 heteroatoms. The summed E-state index contributed by atoms with van der Waals surface area (Å²) in [5.74, 6) is -0.160. The summed E-state index contributed by atoms with van der Waals surface area (Å²) in [6.07, 6.45) is 3.84. The summed E-state index contributed by atoms with van der Waals surface area (Å²) in [6, 6.07) is 7.59. The third-order valence-electron chi connectivity index (χ3n) is 3.43. The summed E-state index contributed by atoms with van der Waals surface area (Å²) in [5, 5.41) is 6.97. The maximum Gasteiger partial charge on any atom is 0.123 e. The first-order valence-corrected chi connectivity index (χ1v) is 6.48. The van der Waals surface area contributed by atoms with E-state index in [2.05, 4.69) is 17.6 Å². The Balaban J connectivity index is 1.82. The fourth-order valence-corrected chi connectivity index (χ4v) is 2.31. The topological polar surface area (TPSA) is 24.1 Å². The number of hydrogen-bond donors (Lipinski definition) is 2. The summed E-state index contributed by atoms with van der Waals surface area (Å²) in [6.45, 7) is 4.16. The summed E-state index contributed by atoms with van der Waals surface area (Å²) in [7, 11) is 0. The summed E-state index contributed by atoms with van der Waals surface area (Å²) in [5.41, 5.74) is 1.01. The molecule has 1 aromatic carbocycles. The van der Waals surface area contributed by atoms with Crippen LogP contribution >= 0.6 is 0 Å². The molecule has 1 fully saturated rings. The number of benzene rings is 1. The van der Waals surface area contributed by atoms with Gasteiger partial charge in [-0.1, -0.05) is 18.6 Å². The van der Waals surface area contributed by atoms with E-state index in [0.717, 1.165) is 18.7 Å². The average Bonchev–Trinajstić information content (AvgIpc) is 2.37. The summed E-state index contributed by atoms with van der Waals surface area (Å²) < 4.78 is 13.1. The minimum atomic E-state index is -0.160. The van der Waals surface area contributed by atoms with Gasteiger partial charge in [-0.25, -0.2) is 4.39 Å². The lowest BCUT2D eigenvalue weighted by molar-refractivity contribution is 0.371. The van der Waals surface area contributed by atoms with E-state index in [9.17, 15) is 4.39 Å². The smallest absolute Gasteiger partial charge is 0.123 e. The van der Waals surface area contributed by atoms with Crippen LogP contribution in [0.3, 0.4) is 0 Å². The molecule has 94 valence electrons. The van der Waals surface area contributed by atoms with E-state index in [1.165, 1.54) is 25.3 Å². The van der Waals surface area contributed by atoms with Gasteiger partial charge in [0, 0.05) is 18.6 Å². The van der Waals surface area contributed by atoms with Gasteiger partial charge in [0.15, 0.2) is 0 Å². The van der Waals surface area contributed by atoms with Gasteiger partial charge >= 0.3 is 0 Å². The second-order valence-corrected chi connectivity index (χ2v) is 4.83. The summed E-state index contributed by atoms with van der Waals surface area (Å²) >= 11 is 0.